The van der Waals surface area contributed by atoms with E-state index in [0.29, 0.717) is 24.9 Å². The van der Waals surface area contributed by atoms with Crippen LogP contribution in [0.5, 0.6) is 5.88 Å². The van der Waals surface area contributed by atoms with Crippen molar-refractivity contribution in [3.63, 3.8) is 0 Å². The number of hydrogen-bond donors (Lipinski definition) is 1. The molecule has 2 aromatic rings. The van der Waals surface area contributed by atoms with Crippen molar-refractivity contribution in [2.75, 3.05) is 18.1 Å². The summed E-state index contributed by atoms with van der Waals surface area (Å²) >= 11 is 0. The summed E-state index contributed by atoms with van der Waals surface area (Å²) in [6.07, 6.45) is 4.46. The van der Waals surface area contributed by atoms with Gasteiger partial charge in [-0.2, -0.15) is 0 Å². The quantitative estimate of drug-likeness (QED) is 0.677. The van der Waals surface area contributed by atoms with E-state index in [2.05, 4.69) is 23.8 Å². The van der Waals surface area contributed by atoms with Crippen molar-refractivity contribution in [1.29, 1.82) is 0 Å². The average molecular weight is 459 g/mol. The summed E-state index contributed by atoms with van der Waals surface area (Å²) < 4.78 is 32.8. The molecule has 2 aliphatic rings. The van der Waals surface area contributed by atoms with Gasteiger partial charge in [-0.3, -0.25) is 4.79 Å². The smallest absolute Gasteiger partial charge is 0.253 e. The van der Waals surface area contributed by atoms with E-state index >= 15 is 0 Å². The Kier molecular flexibility index (Phi) is 5.43. The second-order valence-electron chi connectivity index (χ2n) is 10.0. The summed E-state index contributed by atoms with van der Waals surface area (Å²) in [6.45, 7) is 9.47. The number of pyridine rings is 2. The molecule has 2 N–H and O–H groups in total. The van der Waals surface area contributed by atoms with E-state index in [1.165, 1.54) is 18.3 Å². The number of aromatic nitrogens is 2. The lowest BCUT2D eigenvalue weighted by Crippen LogP contribution is -2.40. The molecule has 1 unspecified atom stereocenters. The first-order valence-corrected chi connectivity index (χ1v) is 12.3. The van der Waals surface area contributed by atoms with Crippen LogP contribution in [-0.2, 0) is 9.84 Å². The van der Waals surface area contributed by atoms with Gasteiger partial charge in [0.05, 0.1) is 11.5 Å². The molecule has 0 spiro atoms. The third kappa shape index (κ3) is 4.18. The van der Waals surface area contributed by atoms with Crippen LogP contribution in [-0.4, -0.2) is 43.0 Å². The number of carbonyl (C=O) groups is 1. The first-order chi connectivity index (χ1) is 14.9. The lowest BCUT2D eigenvalue weighted by atomic mass is 9.97. The Hall–Kier alpha value is -2.68. The molecule has 0 radical (unpaired) electrons. The Bertz CT molecular complexity index is 1160. The van der Waals surface area contributed by atoms with E-state index in [-0.39, 0.29) is 32.3 Å². The van der Waals surface area contributed by atoms with Crippen LogP contribution in [0.2, 0.25) is 0 Å². The zero-order valence-electron chi connectivity index (χ0n) is 19.0. The molecule has 32 heavy (non-hydrogen) atoms. The fraction of sp³-hybridized carbons (Fsp3) is 0.522. The van der Waals surface area contributed by atoms with Crippen LogP contribution >= 0.6 is 0 Å². The predicted molar refractivity (Wildman–Crippen MR) is 120 cm³/mol. The van der Waals surface area contributed by atoms with Gasteiger partial charge in [-0.1, -0.05) is 19.9 Å². The third-order valence-corrected chi connectivity index (χ3v) is 8.10. The summed E-state index contributed by atoms with van der Waals surface area (Å²) in [5.41, 5.74) is 5.44. The van der Waals surface area contributed by atoms with Crippen LogP contribution in [0.15, 0.2) is 40.4 Å². The van der Waals surface area contributed by atoms with Crippen molar-refractivity contribution in [2.45, 2.75) is 62.4 Å². The van der Waals surface area contributed by atoms with Crippen molar-refractivity contribution in [1.82, 2.24) is 9.97 Å². The number of primary amides is 1. The van der Waals surface area contributed by atoms with E-state index < -0.39 is 15.7 Å². The largest absolute Gasteiger partial charge is 0.477 e. The van der Waals surface area contributed by atoms with E-state index in [1.54, 1.807) is 12.1 Å². The maximum Gasteiger partial charge on any atom is 0.253 e. The summed E-state index contributed by atoms with van der Waals surface area (Å²) in [7, 11) is -4.14. The Morgan fingerprint density at radius 2 is 1.97 bits per heavy atom. The molecule has 2 fully saturated rings. The minimum Gasteiger partial charge on any atom is -0.477 e. The highest BCUT2D eigenvalue weighted by Crippen LogP contribution is 2.45. The number of sulfone groups is 1. The zero-order chi connectivity index (χ0) is 23.3. The van der Waals surface area contributed by atoms with E-state index in [4.69, 9.17) is 10.5 Å². The van der Waals surface area contributed by atoms with Crippen LogP contribution in [0, 0.1) is 11.3 Å². The van der Waals surface area contributed by atoms with Gasteiger partial charge in [-0.25, -0.2) is 18.4 Å². The Balaban J connectivity index is 1.75. The predicted octanol–water partition coefficient (Wildman–Crippen LogP) is 3.21. The standard InChI is InChI=1S/C23H30N4O4S/c1-15-12-22(2,3)27(13-15)21-19(20(24)28)16(8-11-25-21)32(29,30)18-7-5-6-17(26-18)31-14-23(4)9-10-23/h5-8,11,15H,9-10,12-14H2,1-4H3,(H2,24,28). The molecule has 1 amide bonds. The van der Waals surface area contributed by atoms with Gasteiger partial charge in [0, 0.05) is 29.8 Å². The molecule has 1 aliphatic heterocycles. The van der Waals surface area contributed by atoms with Crippen molar-refractivity contribution < 1.29 is 17.9 Å². The second kappa shape index (κ2) is 7.72. The van der Waals surface area contributed by atoms with Crippen molar-refractivity contribution in [3.8, 4) is 5.88 Å². The summed E-state index contributed by atoms with van der Waals surface area (Å²) in [5, 5.41) is -0.190. The lowest BCUT2D eigenvalue weighted by molar-refractivity contribution is 0.0997. The molecule has 0 bridgehead atoms. The number of ether oxygens (including phenoxy) is 1. The summed E-state index contributed by atoms with van der Waals surface area (Å²) in [6, 6.07) is 5.92. The van der Waals surface area contributed by atoms with Gasteiger partial charge < -0.3 is 15.4 Å². The molecule has 1 aliphatic carbocycles. The molecular weight excluding hydrogens is 428 g/mol. The molecule has 4 rings (SSSR count). The number of carbonyl (C=O) groups excluding carboxylic acids is 1. The van der Waals surface area contributed by atoms with Gasteiger partial charge in [-0.05, 0) is 51.2 Å². The van der Waals surface area contributed by atoms with Crippen molar-refractivity contribution >= 4 is 21.6 Å². The Labute approximate surface area is 189 Å². The van der Waals surface area contributed by atoms with Gasteiger partial charge in [0.2, 0.25) is 15.7 Å². The highest BCUT2D eigenvalue weighted by Gasteiger charge is 2.41. The van der Waals surface area contributed by atoms with Crippen LogP contribution in [0.25, 0.3) is 0 Å². The third-order valence-electron chi connectivity index (χ3n) is 6.40. The normalized spacial score (nSPS) is 21.4. The van der Waals surface area contributed by atoms with E-state index in [9.17, 15) is 13.2 Å². The number of amides is 1. The van der Waals surface area contributed by atoms with Crippen LogP contribution in [0.3, 0.4) is 0 Å². The minimum atomic E-state index is -4.14. The molecule has 1 saturated carbocycles. The van der Waals surface area contributed by atoms with Gasteiger partial charge in [0.1, 0.15) is 11.4 Å². The van der Waals surface area contributed by atoms with Gasteiger partial charge in [0.15, 0.2) is 5.03 Å². The maximum absolute atomic E-state index is 13.5. The Morgan fingerprint density at radius 3 is 2.56 bits per heavy atom. The second-order valence-corrected chi connectivity index (χ2v) is 11.9. The molecule has 9 heteroatoms. The molecule has 1 atom stereocenters. The highest BCUT2D eigenvalue weighted by atomic mass is 32.2. The molecule has 172 valence electrons. The maximum atomic E-state index is 13.5. The Morgan fingerprint density at radius 1 is 1.25 bits per heavy atom. The molecule has 0 aromatic carbocycles. The number of hydrogen-bond acceptors (Lipinski definition) is 7. The number of anilines is 1. The highest BCUT2D eigenvalue weighted by molar-refractivity contribution is 7.91. The van der Waals surface area contributed by atoms with E-state index in [1.807, 2.05) is 18.7 Å². The zero-order valence-corrected chi connectivity index (χ0v) is 19.8. The van der Waals surface area contributed by atoms with Crippen LogP contribution < -0.4 is 15.4 Å². The first kappa shape index (κ1) is 22.5. The fourth-order valence-electron chi connectivity index (χ4n) is 4.40. The van der Waals surface area contributed by atoms with Crippen LogP contribution in [0.1, 0.15) is 57.3 Å². The molecule has 2 aromatic heterocycles. The lowest BCUT2D eigenvalue weighted by Gasteiger charge is -2.33. The first-order valence-electron chi connectivity index (χ1n) is 10.8. The molecule has 8 nitrogen and oxygen atoms in total. The fourth-order valence-corrected chi connectivity index (χ4v) is 5.79. The summed E-state index contributed by atoms with van der Waals surface area (Å²) in [4.78, 5) is 22.9. The molecule has 3 heterocycles. The summed E-state index contributed by atoms with van der Waals surface area (Å²) in [5.74, 6) is 0.0679. The van der Waals surface area contributed by atoms with Crippen LogP contribution in [0.4, 0.5) is 5.82 Å². The van der Waals surface area contributed by atoms with E-state index in [0.717, 1.165) is 19.3 Å². The SMILES string of the molecule is CC1CN(c2nccc(S(=O)(=O)c3cccc(OCC4(C)CC4)n3)c2C(N)=O)C(C)(C)C1. The minimum absolute atomic E-state index is 0.103. The van der Waals surface area contributed by atoms with Gasteiger partial charge in [0.25, 0.3) is 5.91 Å². The number of nitrogens with zero attached hydrogens (tertiary/aromatic N) is 3. The van der Waals surface area contributed by atoms with Gasteiger partial charge in [-0.15, -0.1) is 0 Å². The van der Waals surface area contributed by atoms with Crippen molar-refractivity contribution in [2.24, 2.45) is 17.1 Å². The monoisotopic (exact) mass is 458 g/mol. The number of rotatable bonds is 7. The average Bonchev–Trinajstić information content (AvgIpc) is 3.40. The van der Waals surface area contributed by atoms with Gasteiger partial charge >= 0.3 is 0 Å². The number of nitrogens with two attached hydrogens (primary N) is 1. The van der Waals surface area contributed by atoms with Crippen molar-refractivity contribution in [3.05, 3.63) is 36.0 Å². The molecular formula is C23H30N4O4S. The topological polar surface area (TPSA) is 115 Å². The molecule has 1 saturated heterocycles.